The first kappa shape index (κ1) is 56.6. The van der Waals surface area contributed by atoms with E-state index in [2.05, 4.69) is 68.5 Å². The molecule has 8 atom stereocenters. The predicted octanol–water partition coefficient (Wildman–Crippen LogP) is 8.94. The van der Waals surface area contributed by atoms with Gasteiger partial charge in [0, 0.05) is 12.8 Å². The second-order valence-corrected chi connectivity index (χ2v) is 17.3. The number of rotatable bonds is 37. The Morgan fingerprint density at radius 2 is 0.934 bits per heavy atom. The van der Waals surface area contributed by atoms with Crippen LogP contribution in [0.15, 0.2) is 60.8 Å². The molecule has 6 unspecified atom stereocenters. The van der Waals surface area contributed by atoms with E-state index in [1.807, 2.05) is 6.08 Å². The van der Waals surface area contributed by atoms with Gasteiger partial charge in [-0.25, -0.2) is 4.57 Å². The summed E-state index contributed by atoms with van der Waals surface area (Å²) in [7, 11) is -5.13. The summed E-state index contributed by atoms with van der Waals surface area (Å²) >= 11 is 0. The van der Waals surface area contributed by atoms with Crippen molar-refractivity contribution >= 4 is 19.8 Å². The van der Waals surface area contributed by atoms with Crippen molar-refractivity contribution in [2.24, 2.45) is 0 Å². The van der Waals surface area contributed by atoms with E-state index in [0.717, 1.165) is 64.2 Å². The molecule has 1 aliphatic rings. The number of esters is 2. The fraction of sp³-hybridized carbons (Fsp3) is 0.745. The molecule has 61 heavy (non-hydrogen) atoms. The minimum Gasteiger partial charge on any atom is -0.462 e. The fourth-order valence-electron chi connectivity index (χ4n) is 6.62. The Morgan fingerprint density at radius 3 is 1.48 bits per heavy atom. The van der Waals surface area contributed by atoms with Gasteiger partial charge in [0.05, 0.1) is 6.61 Å². The Kier molecular flexibility index (Phi) is 34.3. The molecule has 1 rings (SSSR count). The Bertz CT molecular complexity index is 1300. The average molecular weight is 885 g/mol. The van der Waals surface area contributed by atoms with Crippen LogP contribution in [0, 0.1) is 0 Å². The minimum absolute atomic E-state index is 0.0414. The van der Waals surface area contributed by atoms with Crippen LogP contribution in [0.1, 0.15) is 168 Å². The molecule has 0 saturated heterocycles. The maximum Gasteiger partial charge on any atom is 0.472 e. The lowest BCUT2D eigenvalue weighted by atomic mass is 9.85. The van der Waals surface area contributed by atoms with Crippen molar-refractivity contribution in [3.8, 4) is 0 Å². The van der Waals surface area contributed by atoms with Crippen LogP contribution in [0.3, 0.4) is 0 Å². The van der Waals surface area contributed by atoms with Gasteiger partial charge in [-0.3, -0.25) is 18.6 Å². The summed E-state index contributed by atoms with van der Waals surface area (Å²) in [6.07, 6.45) is 31.4. The maximum absolute atomic E-state index is 12.8. The van der Waals surface area contributed by atoms with E-state index < -0.39 is 75.7 Å². The number of carbonyl (C=O) groups is 2. The van der Waals surface area contributed by atoms with E-state index in [1.54, 1.807) is 0 Å². The molecule has 1 saturated carbocycles. The van der Waals surface area contributed by atoms with Crippen LogP contribution in [-0.4, -0.2) is 98.3 Å². The van der Waals surface area contributed by atoms with Gasteiger partial charge in [-0.2, -0.15) is 0 Å². The van der Waals surface area contributed by atoms with Crippen molar-refractivity contribution in [2.75, 3.05) is 13.2 Å². The van der Waals surface area contributed by atoms with E-state index in [1.165, 1.54) is 57.8 Å². The molecule has 14 heteroatoms. The van der Waals surface area contributed by atoms with Crippen LogP contribution in [-0.2, 0) is 32.7 Å². The summed E-state index contributed by atoms with van der Waals surface area (Å²) in [6.45, 7) is 3.13. The summed E-state index contributed by atoms with van der Waals surface area (Å²) in [5, 5.41) is 50.1. The van der Waals surface area contributed by atoms with Gasteiger partial charge in [-0.1, -0.05) is 139 Å². The molecular weight excluding hydrogens is 803 g/mol. The topological polar surface area (TPSA) is 210 Å². The number of ether oxygens (including phenoxy) is 2. The number of aliphatic hydroxyl groups excluding tert-OH is 5. The van der Waals surface area contributed by atoms with Crippen LogP contribution in [0.2, 0.25) is 0 Å². The minimum atomic E-state index is -5.13. The largest absolute Gasteiger partial charge is 0.472 e. The Balaban J connectivity index is 2.49. The Labute approximate surface area is 366 Å². The van der Waals surface area contributed by atoms with Crippen molar-refractivity contribution in [2.45, 2.75) is 211 Å². The average Bonchev–Trinajstić information content (AvgIpc) is 3.24. The lowest BCUT2D eigenvalue weighted by molar-refractivity contribution is -0.220. The molecule has 6 N–H and O–H groups in total. The van der Waals surface area contributed by atoms with Gasteiger partial charge in [0.1, 0.15) is 43.2 Å². The second-order valence-electron chi connectivity index (χ2n) is 15.9. The van der Waals surface area contributed by atoms with Crippen molar-refractivity contribution in [1.82, 2.24) is 0 Å². The number of phosphoric ester groups is 1. The molecule has 0 bridgehead atoms. The zero-order valence-electron chi connectivity index (χ0n) is 37.2. The molecule has 0 spiro atoms. The van der Waals surface area contributed by atoms with E-state index >= 15 is 0 Å². The van der Waals surface area contributed by atoms with Gasteiger partial charge in [0.15, 0.2) is 6.10 Å². The van der Waals surface area contributed by atoms with Crippen LogP contribution in [0.25, 0.3) is 0 Å². The quantitative estimate of drug-likeness (QED) is 0.0149. The molecule has 352 valence electrons. The smallest absolute Gasteiger partial charge is 0.462 e. The van der Waals surface area contributed by atoms with Crippen molar-refractivity contribution < 1.29 is 63.1 Å². The Morgan fingerprint density at radius 1 is 0.525 bits per heavy atom. The normalized spacial score (nSPS) is 22.6. The highest BCUT2D eigenvalue weighted by Gasteiger charge is 2.51. The third kappa shape index (κ3) is 29.5. The summed E-state index contributed by atoms with van der Waals surface area (Å²) < 4.78 is 33.5. The Hall–Kier alpha value is -2.45. The van der Waals surface area contributed by atoms with Gasteiger partial charge in [0.25, 0.3) is 0 Å². The summed E-state index contributed by atoms with van der Waals surface area (Å²) in [6, 6.07) is 0. The van der Waals surface area contributed by atoms with Crippen LogP contribution in [0.5, 0.6) is 0 Å². The first-order chi connectivity index (χ1) is 29.4. The predicted molar refractivity (Wildman–Crippen MR) is 239 cm³/mol. The van der Waals surface area contributed by atoms with E-state index in [9.17, 15) is 44.6 Å². The van der Waals surface area contributed by atoms with Crippen LogP contribution < -0.4 is 0 Å². The summed E-state index contributed by atoms with van der Waals surface area (Å²) in [5.74, 6) is -1.16. The van der Waals surface area contributed by atoms with E-state index in [4.69, 9.17) is 18.5 Å². The van der Waals surface area contributed by atoms with Crippen LogP contribution >= 0.6 is 7.82 Å². The molecule has 1 aliphatic carbocycles. The van der Waals surface area contributed by atoms with Crippen molar-refractivity contribution in [1.29, 1.82) is 0 Å². The number of phosphoric acid groups is 1. The number of unbranched alkanes of at least 4 members (excludes halogenated alkanes) is 15. The van der Waals surface area contributed by atoms with Gasteiger partial charge in [0.2, 0.25) is 0 Å². The molecular formula is C47H81O13P. The van der Waals surface area contributed by atoms with E-state index in [0.29, 0.717) is 19.3 Å². The zero-order valence-corrected chi connectivity index (χ0v) is 38.1. The number of carbonyl (C=O) groups excluding carboxylic acids is 2. The van der Waals surface area contributed by atoms with E-state index in [-0.39, 0.29) is 12.8 Å². The first-order valence-electron chi connectivity index (χ1n) is 23.1. The maximum atomic E-state index is 12.8. The summed E-state index contributed by atoms with van der Waals surface area (Å²) in [4.78, 5) is 35.7. The number of aliphatic hydroxyl groups is 5. The molecule has 0 aromatic carbocycles. The number of hydrogen-bond donors (Lipinski definition) is 6. The molecule has 0 aliphatic heterocycles. The standard InChI is InChI=1S/C47H81O13P/c1-3-5-7-9-11-13-15-17-19-20-22-23-25-27-29-31-33-35-40(48)57-37-39(38-58-61(55,56)60-47-45(53)43(51)42(50)44(52)46(47)54)59-41(49)36-34-32-30-28-26-24-21-18-16-14-12-10-8-6-4-2/h6,8,12,14,17-19,21,26,28,39,42-47,50-54H,3-5,7,9-11,13,15-16,20,22-25,27,29-38H2,1-2H3,(H,55,56)/b8-6+,14-12+,19-17+,21-18+,28-26+/t39-,42?,43-,44?,45?,46?,47?/m0/s1. The third-order valence-corrected chi connectivity index (χ3v) is 11.3. The molecule has 0 aromatic rings. The van der Waals surface area contributed by atoms with Crippen molar-refractivity contribution in [3.05, 3.63) is 60.8 Å². The van der Waals surface area contributed by atoms with Gasteiger partial charge in [-0.15, -0.1) is 0 Å². The second kappa shape index (κ2) is 37.0. The molecule has 0 heterocycles. The highest BCUT2D eigenvalue weighted by Crippen LogP contribution is 2.47. The molecule has 0 amide bonds. The van der Waals surface area contributed by atoms with Gasteiger partial charge in [-0.05, 0) is 77.0 Å². The lowest BCUT2D eigenvalue weighted by Crippen LogP contribution is -2.64. The third-order valence-electron chi connectivity index (χ3n) is 10.3. The highest BCUT2D eigenvalue weighted by atomic mass is 31.2. The summed E-state index contributed by atoms with van der Waals surface area (Å²) in [5.41, 5.74) is 0. The number of hydrogen-bond acceptors (Lipinski definition) is 12. The SMILES string of the molecule is CC/C=C/C/C=C/C/C=C/C/C=C/CCCCC(=O)O[C@@H](COC(=O)CCCCCCCCC/C=C/CCCCCCCC)COP(=O)(O)OC1C(O)C(O)C(O)[C@H](O)C1O. The lowest BCUT2D eigenvalue weighted by Gasteiger charge is -2.41. The van der Waals surface area contributed by atoms with Gasteiger partial charge < -0.3 is 39.9 Å². The molecule has 1 fully saturated rings. The first-order valence-corrected chi connectivity index (χ1v) is 24.6. The fourth-order valence-corrected chi connectivity index (χ4v) is 7.60. The van der Waals surface area contributed by atoms with Crippen LogP contribution in [0.4, 0.5) is 0 Å². The molecule has 0 aromatic heterocycles. The molecule has 0 radical (unpaired) electrons. The monoisotopic (exact) mass is 885 g/mol. The number of allylic oxidation sites excluding steroid dienone is 10. The molecule has 13 nitrogen and oxygen atoms in total. The van der Waals surface area contributed by atoms with Crippen molar-refractivity contribution in [3.63, 3.8) is 0 Å². The van der Waals surface area contributed by atoms with Gasteiger partial charge >= 0.3 is 19.8 Å². The zero-order chi connectivity index (χ0) is 45.0. The highest BCUT2D eigenvalue weighted by molar-refractivity contribution is 7.47.